The van der Waals surface area contributed by atoms with Gasteiger partial charge in [0.25, 0.3) is 0 Å². The lowest BCUT2D eigenvalue weighted by Crippen LogP contribution is -2.11. The zero-order valence-corrected chi connectivity index (χ0v) is 29.3. The van der Waals surface area contributed by atoms with Crippen LogP contribution >= 0.6 is 11.3 Å². The van der Waals surface area contributed by atoms with E-state index in [-0.39, 0.29) is 5.82 Å². The van der Waals surface area contributed by atoms with Crippen molar-refractivity contribution in [1.82, 2.24) is 9.13 Å². The van der Waals surface area contributed by atoms with Crippen molar-refractivity contribution in [2.75, 3.05) is 4.90 Å². The molecule has 0 fully saturated rings. The molecule has 250 valence electrons. The molecule has 8 aromatic carbocycles. The fraction of sp³-hybridized carbons (Fsp3) is 0. The van der Waals surface area contributed by atoms with Crippen LogP contribution in [0.15, 0.2) is 182 Å². The molecular weight excluding hydrogens is 670 g/mol. The predicted molar refractivity (Wildman–Crippen MR) is 223 cm³/mol. The molecule has 0 bridgehead atoms. The lowest BCUT2D eigenvalue weighted by Gasteiger charge is -2.27. The van der Waals surface area contributed by atoms with Crippen LogP contribution in [0.5, 0.6) is 0 Å². The fourth-order valence-electron chi connectivity index (χ4n) is 8.31. The van der Waals surface area contributed by atoms with Gasteiger partial charge in [-0.15, -0.1) is 11.3 Å². The quantitative estimate of drug-likeness (QED) is 0.174. The van der Waals surface area contributed by atoms with Crippen molar-refractivity contribution in [3.63, 3.8) is 0 Å². The summed E-state index contributed by atoms with van der Waals surface area (Å²) in [6, 6.07) is 63.4. The van der Waals surface area contributed by atoms with Crippen LogP contribution in [0.25, 0.3) is 75.2 Å². The Kier molecular flexibility index (Phi) is 6.60. The third-order valence-corrected chi connectivity index (χ3v) is 11.7. The lowest BCUT2D eigenvalue weighted by molar-refractivity contribution is 0.627. The summed E-state index contributed by atoms with van der Waals surface area (Å²) in [6.07, 6.45) is 0. The zero-order valence-electron chi connectivity index (χ0n) is 28.4. The molecule has 0 saturated heterocycles. The summed E-state index contributed by atoms with van der Waals surface area (Å²) in [6.45, 7) is 0. The Morgan fingerprint density at radius 1 is 0.396 bits per heavy atom. The number of benzene rings is 8. The van der Waals surface area contributed by atoms with Gasteiger partial charge in [-0.3, -0.25) is 0 Å². The molecule has 0 amide bonds. The smallest absolute Gasteiger partial charge is 0.125 e. The third kappa shape index (κ3) is 4.57. The van der Waals surface area contributed by atoms with Crippen molar-refractivity contribution in [3.8, 4) is 11.4 Å². The van der Waals surface area contributed by atoms with Crippen molar-refractivity contribution < 1.29 is 4.39 Å². The lowest BCUT2D eigenvalue weighted by atomic mass is 10.1. The minimum atomic E-state index is -0.260. The number of nitrogens with zero attached hydrogens (tertiary/aromatic N) is 3. The second-order valence-electron chi connectivity index (χ2n) is 13.5. The third-order valence-electron chi connectivity index (χ3n) is 10.5. The highest BCUT2D eigenvalue weighted by Gasteiger charge is 2.22. The molecule has 0 saturated carbocycles. The molecule has 5 heteroatoms. The normalized spacial score (nSPS) is 11.9. The monoisotopic (exact) mass is 699 g/mol. The van der Waals surface area contributed by atoms with Gasteiger partial charge in [0.1, 0.15) is 5.82 Å². The van der Waals surface area contributed by atoms with E-state index < -0.39 is 0 Å². The van der Waals surface area contributed by atoms with E-state index in [1.54, 1.807) is 12.1 Å². The molecule has 0 aliphatic carbocycles. The highest BCUT2D eigenvalue weighted by atomic mass is 32.1. The number of halogens is 1. The first-order valence-corrected chi connectivity index (χ1v) is 18.6. The average Bonchev–Trinajstić information content (AvgIpc) is 3.86. The second-order valence-corrected chi connectivity index (χ2v) is 14.6. The average molecular weight is 700 g/mol. The molecule has 0 spiro atoms. The molecule has 0 aliphatic heterocycles. The molecule has 0 N–H and O–H groups in total. The van der Waals surface area contributed by atoms with Gasteiger partial charge in [0.15, 0.2) is 0 Å². The first-order valence-electron chi connectivity index (χ1n) is 17.8. The van der Waals surface area contributed by atoms with Crippen LogP contribution in [-0.4, -0.2) is 9.13 Å². The van der Waals surface area contributed by atoms with E-state index in [4.69, 9.17) is 0 Å². The maximum atomic E-state index is 14.8. The number of thiophene rings is 1. The van der Waals surface area contributed by atoms with Gasteiger partial charge in [0.05, 0.1) is 27.8 Å². The van der Waals surface area contributed by atoms with Gasteiger partial charge >= 0.3 is 0 Å². The standard InChI is InChI=1S/C48H30FN3S/c49-31-12-10-15-33(28-31)52-42-20-8-5-17-37(42)39-27-25-35(30-45(39)52)50(43-21-11-23-47-48(43)40-18-6-9-22-46(40)53-47)34-24-26-38-36-16-4-7-19-41(36)51(44(38)29-34)32-13-2-1-3-14-32/h1-30H. The highest BCUT2D eigenvalue weighted by molar-refractivity contribution is 7.26. The number of rotatable bonds is 5. The summed E-state index contributed by atoms with van der Waals surface area (Å²) in [5.41, 5.74) is 9.44. The van der Waals surface area contributed by atoms with Crippen molar-refractivity contribution >= 4 is 92.2 Å². The number of hydrogen-bond donors (Lipinski definition) is 0. The first-order chi connectivity index (χ1) is 26.2. The van der Waals surface area contributed by atoms with E-state index in [1.807, 2.05) is 23.5 Å². The van der Waals surface area contributed by atoms with Gasteiger partial charge in [-0.2, -0.15) is 0 Å². The molecule has 3 heterocycles. The van der Waals surface area contributed by atoms with Crippen LogP contribution in [0.2, 0.25) is 0 Å². The summed E-state index contributed by atoms with van der Waals surface area (Å²) < 4.78 is 21.9. The Balaban J connectivity index is 1.24. The molecule has 0 atom stereocenters. The van der Waals surface area contributed by atoms with E-state index in [0.29, 0.717) is 0 Å². The second kappa shape index (κ2) is 11.7. The summed E-state index contributed by atoms with van der Waals surface area (Å²) >= 11 is 1.83. The minimum Gasteiger partial charge on any atom is -0.310 e. The largest absolute Gasteiger partial charge is 0.310 e. The maximum absolute atomic E-state index is 14.8. The topological polar surface area (TPSA) is 13.1 Å². The van der Waals surface area contributed by atoms with Crippen LogP contribution in [0.4, 0.5) is 21.5 Å². The van der Waals surface area contributed by atoms with E-state index in [2.05, 4.69) is 166 Å². The molecule has 11 rings (SSSR count). The highest BCUT2D eigenvalue weighted by Crippen LogP contribution is 2.47. The summed E-state index contributed by atoms with van der Waals surface area (Å²) in [5, 5.41) is 7.13. The molecule has 0 unspecified atom stereocenters. The van der Waals surface area contributed by atoms with E-state index in [1.165, 1.54) is 42.5 Å². The van der Waals surface area contributed by atoms with E-state index in [9.17, 15) is 4.39 Å². The predicted octanol–water partition coefficient (Wildman–Crippen LogP) is 13.9. The zero-order chi connectivity index (χ0) is 35.0. The minimum absolute atomic E-state index is 0.260. The number of para-hydroxylation sites is 3. The van der Waals surface area contributed by atoms with Crippen molar-refractivity contribution in [1.29, 1.82) is 0 Å². The molecule has 53 heavy (non-hydrogen) atoms. The van der Waals surface area contributed by atoms with Crippen LogP contribution in [0.3, 0.4) is 0 Å². The van der Waals surface area contributed by atoms with Gasteiger partial charge in [-0.1, -0.05) is 97.1 Å². The number of aromatic nitrogens is 2. The SMILES string of the molecule is Fc1cccc(-n2c3ccccc3c3ccc(N(c4ccc5c6ccccc6n(-c6ccccc6)c5c4)c4cccc5sc6ccccc6c45)cc32)c1. The number of fused-ring (bicyclic) bond motifs is 9. The Labute approximate surface area is 308 Å². The number of hydrogen-bond acceptors (Lipinski definition) is 2. The van der Waals surface area contributed by atoms with Gasteiger partial charge in [-0.25, -0.2) is 4.39 Å². The molecule has 0 aliphatic rings. The van der Waals surface area contributed by atoms with Gasteiger partial charge in [0, 0.05) is 64.5 Å². The molecule has 0 radical (unpaired) electrons. The Morgan fingerprint density at radius 2 is 0.925 bits per heavy atom. The Morgan fingerprint density at radius 3 is 1.60 bits per heavy atom. The van der Waals surface area contributed by atoms with Gasteiger partial charge in [-0.05, 0) is 84.9 Å². The van der Waals surface area contributed by atoms with Crippen molar-refractivity contribution in [3.05, 3.63) is 188 Å². The van der Waals surface area contributed by atoms with Crippen molar-refractivity contribution in [2.24, 2.45) is 0 Å². The summed E-state index contributed by atoms with van der Waals surface area (Å²) in [7, 11) is 0. The van der Waals surface area contributed by atoms with Gasteiger partial charge < -0.3 is 14.0 Å². The first kappa shape index (κ1) is 30.0. The molecule has 3 aromatic heterocycles. The van der Waals surface area contributed by atoms with Crippen LogP contribution in [0.1, 0.15) is 0 Å². The Hall–Kier alpha value is -6.69. The summed E-state index contributed by atoms with van der Waals surface area (Å²) in [4.78, 5) is 2.40. The number of anilines is 3. The molecule has 11 aromatic rings. The van der Waals surface area contributed by atoms with E-state index >= 15 is 0 Å². The Bertz CT molecular complexity index is 3210. The van der Waals surface area contributed by atoms with E-state index in [0.717, 1.165) is 55.8 Å². The van der Waals surface area contributed by atoms with Crippen molar-refractivity contribution in [2.45, 2.75) is 0 Å². The van der Waals surface area contributed by atoms with Gasteiger partial charge in [0.2, 0.25) is 0 Å². The van der Waals surface area contributed by atoms with Crippen LogP contribution in [0, 0.1) is 5.82 Å². The fourth-order valence-corrected chi connectivity index (χ4v) is 9.44. The molecule has 3 nitrogen and oxygen atoms in total. The molecular formula is C48H30FN3S. The summed E-state index contributed by atoms with van der Waals surface area (Å²) in [5.74, 6) is -0.260. The maximum Gasteiger partial charge on any atom is 0.125 e. The van der Waals surface area contributed by atoms with Crippen LogP contribution in [-0.2, 0) is 0 Å². The van der Waals surface area contributed by atoms with Crippen LogP contribution < -0.4 is 4.90 Å².